The quantitative estimate of drug-likeness (QED) is 0.587. The summed E-state index contributed by atoms with van der Waals surface area (Å²) in [6.45, 7) is 4.08. The van der Waals surface area contributed by atoms with Gasteiger partial charge in [0.1, 0.15) is 0 Å². The predicted octanol–water partition coefficient (Wildman–Crippen LogP) is 1.59. The van der Waals surface area contributed by atoms with E-state index in [2.05, 4.69) is 27.9 Å². The monoisotopic (exact) mass is 161 g/mol. The molecule has 12 heavy (non-hydrogen) atoms. The van der Waals surface area contributed by atoms with Gasteiger partial charge < -0.3 is 4.57 Å². The first kappa shape index (κ1) is 7.28. The number of rotatable bonds is 0. The summed E-state index contributed by atoms with van der Waals surface area (Å²) in [7, 11) is 2.02. The minimum atomic E-state index is 1.01. The van der Waals surface area contributed by atoms with Gasteiger partial charge in [0.05, 0.1) is 17.4 Å². The molecule has 0 amide bonds. The maximum atomic E-state index is 4.02. The Balaban J connectivity index is 2.99. The third-order valence-electron chi connectivity index (χ3n) is 2.17. The van der Waals surface area contributed by atoms with Crippen LogP contribution < -0.4 is 0 Å². The molecule has 0 saturated carbocycles. The van der Waals surface area contributed by atoms with E-state index in [0.29, 0.717) is 0 Å². The zero-order valence-corrected chi connectivity index (χ0v) is 7.50. The second-order valence-electron chi connectivity index (χ2n) is 3.11. The van der Waals surface area contributed by atoms with E-state index in [-0.39, 0.29) is 0 Å². The summed E-state index contributed by atoms with van der Waals surface area (Å²) in [6, 6.07) is 0. The van der Waals surface area contributed by atoms with E-state index in [1.807, 2.05) is 14.0 Å². The minimum Gasteiger partial charge on any atom is -0.349 e. The van der Waals surface area contributed by atoms with E-state index in [9.17, 15) is 0 Å². The van der Waals surface area contributed by atoms with Crippen molar-refractivity contribution in [2.24, 2.45) is 7.05 Å². The highest BCUT2D eigenvalue weighted by Crippen LogP contribution is 2.20. The zero-order chi connectivity index (χ0) is 8.72. The summed E-state index contributed by atoms with van der Waals surface area (Å²) in [6.07, 6.45) is 3.90. The largest absolute Gasteiger partial charge is 0.349 e. The highest BCUT2D eigenvalue weighted by atomic mass is 15.1. The molecule has 0 spiro atoms. The van der Waals surface area contributed by atoms with Crippen LogP contribution in [-0.2, 0) is 7.05 Å². The van der Waals surface area contributed by atoms with Gasteiger partial charge in [-0.15, -0.1) is 0 Å². The SMILES string of the molecule is Cc1cn(C)c2cnnc(C)c12. The summed E-state index contributed by atoms with van der Waals surface area (Å²) in [5.41, 5.74) is 3.42. The molecule has 0 radical (unpaired) electrons. The van der Waals surface area contributed by atoms with Crippen molar-refractivity contribution in [3.05, 3.63) is 23.7 Å². The molecule has 2 heterocycles. The third-order valence-corrected chi connectivity index (χ3v) is 2.17. The maximum Gasteiger partial charge on any atom is 0.0739 e. The van der Waals surface area contributed by atoms with Gasteiger partial charge in [-0.1, -0.05) is 0 Å². The molecule has 2 aromatic heterocycles. The molecule has 0 aromatic carbocycles. The summed E-state index contributed by atoms with van der Waals surface area (Å²) in [5, 5.41) is 9.16. The molecular weight excluding hydrogens is 150 g/mol. The Morgan fingerprint density at radius 2 is 2.08 bits per heavy atom. The van der Waals surface area contributed by atoms with Gasteiger partial charge in [-0.05, 0) is 19.4 Å². The maximum absolute atomic E-state index is 4.02. The Bertz CT molecular complexity index is 429. The van der Waals surface area contributed by atoms with Crippen molar-refractivity contribution in [2.45, 2.75) is 13.8 Å². The van der Waals surface area contributed by atoms with Crippen LogP contribution in [0.5, 0.6) is 0 Å². The van der Waals surface area contributed by atoms with Gasteiger partial charge in [0.2, 0.25) is 0 Å². The van der Waals surface area contributed by atoms with Crippen molar-refractivity contribution in [2.75, 3.05) is 0 Å². The van der Waals surface area contributed by atoms with Crippen LogP contribution in [0.2, 0.25) is 0 Å². The molecule has 0 fully saturated rings. The van der Waals surface area contributed by atoms with Crippen molar-refractivity contribution < 1.29 is 0 Å². The van der Waals surface area contributed by atoms with Crippen molar-refractivity contribution >= 4 is 10.9 Å². The van der Waals surface area contributed by atoms with Crippen molar-refractivity contribution in [1.82, 2.24) is 14.8 Å². The summed E-state index contributed by atoms with van der Waals surface area (Å²) >= 11 is 0. The van der Waals surface area contributed by atoms with Gasteiger partial charge in [0.15, 0.2) is 0 Å². The van der Waals surface area contributed by atoms with Crippen LogP contribution in [-0.4, -0.2) is 14.8 Å². The summed E-state index contributed by atoms with van der Waals surface area (Å²) in [5.74, 6) is 0. The third kappa shape index (κ3) is 0.826. The molecule has 0 bridgehead atoms. The lowest BCUT2D eigenvalue weighted by atomic mass is 10.2. The van der Waals surface area contributed by atoms with Crippen LogP contribution in [0.1, 0.15) is 11.3 Å². The fraction of sp³-hybridized carbons (Fsp3) is 0.333. The van der Waals surface area contributed by atoms with Crippen LogP contribution in [0.3, 0.4) is 0 Å². The lowest BCUT2D eigenvalue weighted by Crippen LogP contribution is -1.89. The van der Waals surface area contributed by atoms with Crippen molar-refractivity contribution in [1.29, 1.82) is 0 Å². The lowest BCUT2D eigenvalue weighted by Gasteiger charge is -1.95. The van der Waals surface area contributed by atoms with Crippen LogP contribution >= 0.6 is 0 Å². The first-order valence-electron chi connectivity index (χ1n) is 3.94. The molecule has 0 N–H and O–H groups in total. The van der Waals surface area contributed by atoms with Gasteiger partial charge in [0.25, 0.3) is 0 Å². The topological polar surface area (TPSA) is 30.7 Å². The molecule has 2 rings (SSSR count). The number of hydrogen-bond acceptors (Lipinski definition) is 2. The van der Waals surface area contributed by atoms with Crippen molar-refractivity contribution in [3.8, 4) is 0 Å². The molecule has 0 unspecified atom stereocenters. The lowest BCUT2D eigenvalue weighted by molar-refractivity contribution is 0.941. The fourth-order valence-electron chi connectivity index (χ4n) is 1.65. The van der Waals surface area contributed by atoms with E-state index < -0.39 is 0 Å². The second-order valence-corrected chi connectivity index (χ2v) is 3.11. The number of aromatic nitrogens is 3. The predicted molar refractivity (Wildman–Crippen MR) is 48.0 cm³/mol. The Morgan fingerprint density at radius 1 is 1.33 bits per heavy atom. The molecule has 0 atom stereocenters. The van der Waals surface area contributed by atoms with Crippen LogP contribution in [0.25, 0.3) is 10.9 Å². The van der Waals surface area contributed by atoms with E-state index in [1.54, 1.807) is 6.20 Å². The van der Waals surface area contributed by atoms with Gasteiger partial charge in [-0.2, -0.15) is 10.2 Å². The highest BCUT2D eigenvalue weighted by molar-refractivity contribution is 5.84. The molecule has 0 aliphatic heterocycles. The second kappa shape index (κ2) is 2.30. The fourth-order valence-corrected chi connectivity index (χ4v) is 1.65. The van der Waals surface area contributed by atoms with Crippen LogP contribution in [0.4, 0.5) is 0 Å². The smallest absolute Gasteiger partial charge is 0.0739 e. The number of fused-ring (bicyclic) bond motifs is 1. The Hall–Kier alpha value is -1.38. The summed E-state index contributed by atoms with van der Waals surface area (Å²) < 4.78 is 2.08. The van der Waals surface area contributed by atoms with E-state index in [1.165, 1.54) is 10.9 Å². The Kier molecular flexibility index (Phi) is 1.40. The van der Waals surface area contributed by atoms with Crippen molar-refractivity contribution in [3.63, 3.8) is 0 Å². The molecule has 0 aliphatic rings. The first-order chi connectivity index (χ1) is 5.70. The van der Waals surface area contributed by atoms with Crippen LogP contribution in [0, 0.1) is 13.8 Å². The number of nitrogens with zero attached hydrogens (tertiary/aromatic N) is 3. The Labute approximate surface area is 71.0 Å². The molecular formula is C9H11N3. The van der Waals surface area contributed by atoms with Gasteiger partial charge in [-0.3, -0.25) is 0 Å². The Morgan fingerprint density at radius 3 is 2.75 bits per heavy atom. The average molecular weight is 161 g/mol. The van der Waals surface area contributed by atoms with Gasteiger partial charge in [0, 0.05) is 18.6 Å². The molecule has 0 saturated heterocycles. The highest BCUT2D eigenvalue weighted by Gasteiger charge is 2.05. The zero-order valence-electron chi connectivity index (χ0n) is 7.50. The molecule has 3 nitrogen and oxygen atoms in total. The number of aryl methyl sites for hydroxylation is 3. The standard InChI is InChI=1S/C9H11N3/c1-6-5-12(3)8-4-10-11-7(2)9(6)8/h4-5H,1-3H3. The van der Waals surface area contributed by atoms with E-state index in [4.69, 9.17) is 0 Å². The molecule has 3 heteroatoms. The minimum absolute atomic E-state index is 1.01. The van der Waals surface area contributed by atoms with Gasteiger partial charge >= 0.3 is 0 Å². The van der Waals surface area contributed by atoms with E-state index >= 15 is 0 Å². The first-order valence-corrected chi connectivity index (χ1v) is 3.94. The normalized spacial score (nSPS) is 10.9. The van der Waals surface area contributed by atoms with E-state index in [0.717, 1.165) is 11.2 Å². The van der Waals surface area contributed by atoms with Gasteiger partial charge in [-0.25, -0.2) is 0 Å². The molecule has 2 aromatic rings. The number of hydrogen-bond donors (Lipinski definition) is 0. The molecule has 0 aliphatic carbocycles. The average Bonchev–Trinajstić information content (AvgIpc) is 2.29. The molecule has 62 valence electrons. The summed E-state index contributed by atoms with van der Waals surface area (Å²) in [4.78, 5) is 0. The van der Waals surface area contributed by atoms with Crippen LogP contribution in [0.15, 0.2) is 12.4 Å².